The number of carbonyl (C=O) groups excluding carboxylic acids is 2. The molecule has 0 aliphatic carbocycles. The van der Waals surface area contributed by atoms with Crippen LogP contribution in [0.15, 0.2) is 30.3 Å². The number of benzene rings is 1. The molecule has 0 spiro atoms. The van der Waals surface area contributed by atoms with Crippen LogP contribution in [0.25, 0.3) is 0 Å². The van der Waals surface area contributed by atoms with Crippen LogP contribution < -0.4 is 0 Å². The first-order valence-corrected chi connectivity index (χ1v) is 4.75. The third kappa shape index (κ3) is 3.54. The summed E-state index contributed by atoms with van der Waals surface area (Å²) in [5.41, 5.74) is -0.102. The van der Waals surface area contributed by atoms with Crippen molar-refractivity contribution in [1.29, 1.82) is 0 Å². The first-order chi connectivity index (χ1) is 7.05. The molecular formula is C12H14O3. The van der Waals surface area contributed by atoms with Gasteiger partial charge in [0, 0.05) is 5.56 Å². The largest absolute Gasteiger partial charge is 0.461 e. The maximum absolute atomic E-state index is 11.7. The second-order valence-corrected chi connectivity index (χ2v) is 3.94. The molecule has 0 aromatic heterocycles. The normalized spacial score (nSPS) is 10.8. The lowest BCUT2D eigenvalue weighted by Gasteiger charge is -2.21. The van der Waals surface area contributed by atoms with Gasteiger partial charge in [-0.3, -0.25) is 9.59 Å². The third-order valence-corrected chi connectivity index (χ3v) is 2.05. The molecule has 0 fully saturated rings. The van der Waals surface area contributed by atoms with Crippen LogP contribution in [-0.2, 0) is 9.53 Å². The lowest BCUT2D eigenvalue weighted by Crippen LogP contribution is -2.27. The highest BCUT2D eigenvalue weighted by Gasteiger charge is 2.23. The van der Waals surface area contributed by atoms with Crippen molar-refractivity contribution in [3.05, 3.63) is 35.9 Å². The maximum atomic E-state index is 11.7. The SMILES string of the molecule is CC(C)(CC(=O)c1ccccc1)OC=O. The minimum atomic E-state index is -0.741. The minimum Gasteiger partial charge on any atom is -0.461 e. The molecule has 0 bridgehead atoms. The Morgan fingerprint density at radius 1 is 1.33 bits per heavy atom. The fraction of sp³-hybridized carbons (Fsp3) is 0.333. The van der Waals surface area contributed by atoms with Crippen LogP contribution in [0.4, 0.5) is 0 Å². The average Bonchev–Trinajstić information content (AvgIpc) is 2.18. The summed E-state index contributed by atoms with van der Waals surface area (Å²) in [6.07, 6.45) is 0.190. The number of rotatable bonds is 5. The van der Waals surface area contributed by atoms with E-state index < -0.39 is 5.60 Å². The molecule has 0 aliphatic heterocycles. The summed E-state index contributed by atoms with van der Waals surface area (Å²) in [7, 11) is 0. The second-order valence-electron chi connectivity index (χ2n) is 3.94. The predicted molar refractivity (Wildman–Crippen MR) is 56.6 cm³/mol. The summed E-state index contributed by atoms with van der Waals surface area (Å²) in [6, 6.07) is 8.96. The first-order valence-electron chi connectivity index (χ1n) is 4.75. The Morgan fingerprint density at radius 2 is 1.93 bits per heavy atom. The van der Waals surface area contributed by atoms with E-state index in [-0.39, 0.29) is 12.2 Å². The van der Waals surface area contributed by atoms with Gasteiger partial charge in [-0.25, -0.2) is 0 Å². The molecule has 80 valence electrons. The van der Waals surface area contributed by atoms with Crippen LogP contribution in [0.2, 0.25) is 0 Å². The smallest absolute Gasteiger partial charge is 0.293 e. The van der Waals surface area contributed by atoms with E-state index in [9.17, 15) is 9.59 Å². The van der Waals surface area contributed by atoms with E-state index in [0.29, 0.717) is 12.0 Å². The van der Waals surface area contributed by atoms with E-state index in [1.165, 1.54) is 0 Å². The van der Waals surface area contributed by atoms with Crippen LogP contribution in [0.5, 0.6) is 0 Å². The zero-order valence-corrected chi connectivity index (χ0v) is 8.90. The van der Waals surface area contributed by atoms with Crippen molar-refractivity contribution in [3.63, 3.8) is 0 Å². The fourth-order valence-electron chi connectivity index (χ4n) is 1.28. The first kappa shape index (κ1) is 11.4. The third-order valence-electron chi connectivity index (χ3n) is 2.05. The van der Waals surface area contributed by atoms with Gasteiger partial charge in [0.2, 0.25) is 0 Å². The average molecular weight is 206 g/mol. The lowest BCUT2D eigenvalue weighted by molar-refractivity contribution is -0.139. The molecule has 1 aromatic carbocycles. The molecule has 0 radical (unpaired) electrons. The van der Waals surface area contributed by atoms with E-state index in [2.05, 4.69) is 0 Å². The van der Waals surface area contributed by atoms with Crippen molar-refractivity contribution >= 4 is 12.3 Å². The zero-order valence-electron chi connectivity index (χ0n) is 8.90. The molecule has 0 heterocycles. The van der Waals surface area contributed by atoms with Crippen molar-refractivity contribution < 1.29 is 14.3 Å². The molecule has 1 aromatic rings. The van der Waals surface area contributed by atoms with Crippen molar-refractivity contribution in [3.8, 4) is 0 Å². The van der Waals surface area contributed by atoms with Gasteiger partial charge in [-0.2, -0.15) is 0 Å². The molecule has 0 amide bonds. The standard InChI is InChI=1S/C12H14O3/c1-12(2,15-9-13)8-11(14)10-6-4-3-5-7-10/h3-7,9H,8H2,1-2H3. The maximum Gasteiger partial charge on any atom is 0.293 e. The molecule has 3 heteroatoms. The molecule has 0 aliphatic rings. The Labute approximate surface area is 89.1 Å². The topological polar surface area (TPSA) is 43.4 Å². The van der Waals surface area contributed by atoms with Crippen molar-refractivity contribution in [2.75, 3.05) is 0 Å². The number of carbonyl (C=O) groups is 2. The zero-order chi connectivity index (χ0) is 11.3. The Balaban J connectivity index is 2.68. The van der Waals surface area contributed by atoms with Crippen LogP contribution in [-0.4, -0.2) is 17.9 Å². The number of ketones is 1. The van der Waals surface area contributed by atoms with Crippen molar-refractivity contribution in [1.82, 2.24) is 0 Å². The second kappa shape index (κ2) is 4.73. The number of hydrogen-bond donors (Lipinski definition) is 0. The van der Waals surface area contributed by atoms with E-state index in [1.807, 2.05) is 6.07 Å². The van der Waals surface area contributed by atoms with Crippen LogP contribution in [0.3, 0.4) is 0 Å². The molecule has 15 heavy (non-hydrogen) atoms. The molecule has 0 N–H and O–H groups in total. The Morgan fingerprint density at radius 3 is 2.47 bits per heavy atom. The Kier molecular flexibility index (Phi) is 3.61. The highest BCUT2D eigenvalue weighted by Crippen LogP contribution is 2.16. The molecule has 1 rings (SSSR count). The molecule has 0 atom stereocenters. The number of ether oxygens (including phenoxy) is 1. The van der Waals surface area contributed by atoms with E-state index >= 15 is 0 Å². The summed E-state index contributed by atoms with van der Waals surface area (Å²) < 4.78 is 4.82. The van der Waals surface area contributed by atoms with Gasteiger partial charge in [0.1, 0.15) is 5.60 Å². The van der Waals surface area contributed by atoms with Gasteiger partial charge in [-0.05, 0) is 13.8 Å². The monoisotopic (exact) mass is 206 g/mol. The lowest BCUT2D eigenvalue weighted by atomic mass is 9.97. The summed E-state index contributed by atoms with van der Waals surface area (Å²) in [4.78, 5) is 21.9. The molecule has 0 saturated heterocycles. The van der Waals surface area contributed by atoms with Gasteiger partial charge in [0.15, 0.2) is 5.78 Å². The predicted octanol–water partition coefficient (Wildman–Crippen LogP) is 2.21. The van der Waals surface area contributed by atoms with Crippen molar-refractivity contribution in [2.45, 2.75) is 25.9 Å². The van der Waals surface area contributed by atoms with Crippen LogP contribution in [0, 0.1) is 0 Å². The van der Waals surface area contributed by atoms with E-state index in [4.69, 9.17) is 4.74 Å². The summed E-state index contributed by atoms with van der Waals surface area (Å²) >= 11 is 0. The Bertz CT molecular complexity index is 341. The molecular weight excluding hydrogens is 192 g/mol. The number of Topliss-reactive ketones (excluding diaryl/α,β-unsaturated/α-hetero) is 1. The fourth-order valence-corrected chi connectivity index (χ4v) is 1.28. The Hall–Kier alpha value is -1.64. The van der Waals surface area contributed by atoms with E-state index in [0.717, 1.165) is 0 Å². The van der Waals surface area contributed by atoms with Gasteiger partial charge in [0.05, 0.1) is 6.42 Å². The summed E-state index contributed by atoms with van der Waals surface area (Å²) in [5, 5.41) is 0. The summed E-state index contributed by atoms with van der Waals surface area (Å²) in [6.45, 7) is 3.79. The summed E-state index contributed by atoms with van der Waals surface area (Å²) in [5.74, 6) is -0.0255. The number of hydrogen-bond acceptors (Lipinski definition) is 3. The van der Waals surface area contributed by atoms with Gasteiger partial charge < -0.3 is 4.74 Å². The molecule has 3 nitrogen and oxygen atoms in total. The minimum absolute atomic E-state index is 0.0255. The van der Waals surface area contributed by atoms with Gasteiger partial charge >= 0.3 is 0 Å². The highest BCUT2D eigenvalue weighted by atomic mass is 16.5. The van der Waals surface area contributed by atoms with Gasteiger partial charge in [-0.1, -0.05) is 30.3 Å². The van der Waals surface area contributed by atoms with Crippen LogP contribution in [0.1, 0.15) is 30.6 Å². The molecule has 0 unspecified atom stereocenters. The van der Waals surface area contributed by atoms with Crippen LogP contribution >= 0.6 is 0 Å². The molecule has 0 saturated carbocycles. The van der Waals surface area contributed by atoms with Gasteiger partial charge in [0.25, 0.3) is 6.47 Å². The van der Waals surface area contributed by atoms with E-state index in [1.54, 1.807) is 38.1 Å². The van der Waals surface area contributed by atoms with Gasteiger partial charge in [-0.15, -0.1) is 0 Å². The quantitative estimate of drug-likeness (QED) is 0.548. The van der Waals surface area contributed by atoms with Crippen molar-refractivity contribution in [2.24, 2.45) is 0 Å². The highest BCUT2D eigenvalue weighted by molar-refractivity contribution is 5.96.